The Kier molecular flexibility index (Phi) is 6.20. The summed E-state index contributed by atoms with van der Waals surface area (Å²) < 4.78 is 10.6. The Balaban J connectivity index is 1.56. The molecule has 1 aromatic carbocycles. The first kappa shape index (κ1) is 19.1. The number of anilines is 1. The van der Waals surface area contributed by atoms with Crippen LogP contribution in [-0.2, 0) is 9.53 Å². The van der Waals surface area contributed by atoms with Gasteiger partial charge in [-0.1, -0.05) is 6.07 Å². The van der Waals surface area contributed by atoms with Crippen LogP contribution in [0.4, 0.5) is 5.69 Å². The van der Waals surface area contributed by atoms with Gasteiger partial charge in [0.1, 0.15) is 10.8 Å². The number of hydrogen-bond acceptors (Lipinski definition) is 7. The van der Waals surface area contributed by atoms with Crippen LogP contribution in [0.15, 0.2) is 47.2 Å². The van der Waals surface area contributed by atoms with Gasteiger partial charge in [-0.3, -0.25) is 4.79 Å². The molecule has 2 aromatic heterocycles. The SMILES string of the molecule is CCOc1ccc(NC(=O)C(C)OC(=O)c2csc(-c3cccs3)n2)cc1. The molecule has 0 aliphatic carbocycles. The van der Waals surface area contributed by atoms with Gasteiger partial charge >= 0.3 is 5.97 Å². The molecule has 0 aliphatic heterocycles. The van der Waals surface area contributed by atoms with Gasteiger partial charge in [-0.05, 0) is 49.6 Å². The molecule has 6 nitrogen and oxygen atoms in total. The van der Waals surface area contributed by atoms with E-state index in [2.05, 4.69) is 10.3 Å². The van der Waals surface area contributed by atoms with Gasteiger partial charge in [0.15, 0.2) is 11.8 Å². The molecule has 0 fully saturated rings. The van der Waals surface area contributed by atoms with E-state index in [1.165, 1.54) is 18.3 Å². The van der Waals surface area contributed by atoms with E-state index in [-0.39, 0.29) is 5.69 Å². The smallest absolute Gasteiger partial charge is 0.358 e. The van der Waals surface area contributed by atoms with Gasteiger partial charge in [-0.15, -0.1) is 22.7 Å². The first-order chi connectivity index (χ1) is 13.1. The molecule has 0 radical (unpaired) electrons. The van der Waals surface area contributed by atoms with Crippen LogP contribution < -0.4 is 10.1 Å². The summed E-state index contributed by atoms with van der Waals surface area (Å²) in [6.45, 7) is 4.00. The van der Waals surface area contributed by atoms with Gasteiger partial charge in [0.05, 0.1) is 11.5 Å². The number of thiazole rings is 1. The van der Waals surface area contributed by atoms with Crippen LogP contribution in [0.25, 0.3) is 9.88 Å². The Bertz CT molecular complexity index is 904. The van der Waals surface area contributed by atoms with Crippen molar-refractivity contribution >= 4 is 40.2 Å². The first-order valence-corrected chi connectivity index (χ1v) is 10.1. The maximum atomic E-state index is 12.2. The van der Waals surface area contributed by atoms with E-state index >= 15 is 0 Å². The average molecular weight is 402 g/mol. The van der Waals surface area contributed by atoms with Gasteiger partial charge in [-0.2, -0.15) is 0 Å². The summed E-state index contributed by atoms with van der Waals surface area (Å²) in [4.78, 5) is 29.8. The van der Waals surface area contributed by atoms with Crippen molar-refractivity contribution in [3.8, 4) is 15.6 Å². The van der Waals surface area contributed by atoms with Gasteiger partial charge in [0.25, 0.3) is 5.91 Å². The number of carbonyl (C=O) groups is 2. The molecule has 3 aromatic rings. The minimum atomic E-state index is -0.948. The molecule has 2 heterocycles. The standard InChI is InChI=1S/C19H18N2O4S2/c1-3-24-14-8-6-13(7-9-14)20-17(22)12(2)25-19(23)15-11-27-18(21-15)16-5-4-10-26-16/h4-12H,3H2,1-2H3,(H,20,22). The second-order valence-corrected chi connectivity index (χ2v) is 7.32. The predicted octanol–water partition coefficient (Wildman–Crippen LogP) is 4.45. The minimum Gasteiger partial charge on any atom is -0.494 e. The molecule has 0 aliphatic rings. The van der Waals surface area contributed by atoms with Crippen molar-refractivity contribution in [2.75, 3.05) is 11.9 Å². The number of esters is 1. The molecule has 1 atom stereocenters. The fraction of sp³-hybridized carbons (Fsp3) is 0.211. The Morgan fingerprint density at radius 1 is 1.19 bits per heavy atom. The predicted molar refractivity (Wildman–Crippen MR) is 107 cm³/mol. The Morgan fingerprint density at radius 2 is 1.96 bits per heavy atom. The quantitative estimate of drug-likeness (QED) is 0.591. The lowest BCUT2D eigenvalue weighted by Gasteiger charge is -2.13. The molecule has 0 saturated heterocycles. The summed E-state index contributed by atoms with van der Waals surface area (Å²) in [5, 5.41) is 7.04. The number of thiophene rings is 1. The maximum absolute atomic E-state index is 12.2. The average Bonchev–Trinajstić information content (AvgIpc) is 3.35. The molecule has 8 heteroatoms. The van der Waals surface area contributed by atoms with Gasteiger partial charge in [0, 0.05) is 11.1 Å². The van der Waals surface area contributed by atoms with Crippen LogP contribution in [0.2, 0.25) is 0 Å². The number of carbonyl (C=O) groups excluding carboxylic acids is 2. The monoisotopic (exact) mass is 402 g/mol. The Hall–Kier alpha value is -2.71. The Morgan fingerprint density at radius 3 is 2.63 bits per heavy atom. The topological polar surface area (TPSA) is 77.5 Å². The third kappa shape index (κ3) is 4.93. The number of hydrogen-bond donors (Lipinski definition) is 1. The zero-order valence-corrected chi connectivity index (χ0v) is 16.4. The largest absolute Gasteiger partial charge is 0.494 e. The fourth-order valence-corrected chi connectivity index (χ4v) is 3.80. The number of benzene rings is 1. The molecular formula is C19H18N2O4S2. The van der Waals surface area contributed by atoms with E-state index in [4.69, 9.17) is 9.47 Å². The van der Waals surface area contributed by atoms with Crippen molar-refractivity contribution in [3.63, 3.8) is 0 Å². The van der Waals surface area contributed by atoms with E-state index in [0.717, 1.165) is 15.6 Å². The molecule has 27 heavy (non-hydrogen) atoms. The lowest BCUT2D eigenvalue weighted by molar-refractivity contribution is -0.123. The second kappa shape index (κ2) is 8.79. The highest BCUT2D eigenvalue weighted by Gasteiger charge is 2.21. The van der Waals surface area contributed by atoms with Crippen LogP contribution in [0.1, 0.15) is 24.3 Å². The summed E-state index contributed by atoms with van der Waals surface area (Å²) in [5.41, 5.74) is 0.795. The molecule has 1 unspecified atom stereocenters. The highest BCUT2D eigenvalue weighted by atomic mass is 32.1. The summed E-state index contributed by atoms with van der Waals surface area (Å²) in [6, 6.07) is 10.8. The third-order valence-electron chi connectivity index (χ3n) is 3.53. The van der Waals surface area contributed by atoms with E-state index < -0.39 is 18.0 Å². The highest BCUT2D eigenvalue weighted by Crippen LogP contribution is 2.28. The van der Waals surface area contributed by atoms with Gasteiger partial charge in [-0.25, -0.2) is 9.78 Å². The zero-order chi connectivity index (χ0) is 19.2. The fourth-order valence-electron chi connectivity index (χ4n) is 2.20. The molecular weight excluding hydrogens is 384 g/mol. The number of aromatic nitrogens is 1. The molecule has 0 spiro atoms. The van der Waals surface area contributed by atoms with Crippen LogP contribution >= 0.6 is 22.7 Å². The van der Waals surface area contributed by atoms with Crippen LogP contribution in [0.3, 0.4) is 0 Å². The normalized spacial score (nSPS) is 11.6. The second-order valence-electron chi connectivity index (χ2n) is 5.51. The summed E-state index contributed by atoms with van der Waals surface area (Å²) >= 11 is 2.91. The zero-order valence-electron chi connectivity index (χ0n) is 14.8. The molecule has 140 valence electrons. The number of nitrogens with one attached hydrogen (secondary N) is 1. The summed E-state index contributed by atoms with van der Waals surface area (Å²) in [6.07, 6.45) is -0.948. The molecule has 1 amide bonds. The third-order valence-corrected chi connectivity index (χ3v) is 5.41. The van der Waals surface area contributed by atoms with Crippen molar-refractivity contribution in [1.29, 1.82) is 0 Å². The lowest BCUT2D eigenvalue weighted by atomic mass is 10.3. The molecule has 0 bridgehead atoms. The lowest BCUT2D eigenvalue weighted by Crippen LogP contribution is -2.30. The van der Waals surface area contributed by atoms with E-state index in [9.17, 15) is 9.59 Å². The maximum Gasteiger partial charge on any atom is 0.358 e. The summed E-state index contributed by atoms with van der Waals surface area (Å²) in [7, 11) is 0. The van der Waals surface area contributed by atoms with Crippen molar-refractivity contribution in [3.05, 3.63) is 52.9 Å². The van der Waals surface area contributed by atoms with Crippen LogP contribution in [0, 0.1) is 0 Å². The van der Waals surface area contributed by atoms with E-state index in [1.807, 2.05) is 24.4 Å². The molecule has 0 saturated carbocycles. The van der Waals surface area contributed by atoms with E-state index in [1.54, 1.807) is 41.0 Å². The van der Waals surface area contributed by atoms with Gasteiger partial charge in [0.2, 0.25) is 0 Å². The number of ether oxygens (including phenoxy) is 2. The van der Waals surface area contributed by atoms with Crippen LogP contribution in [0.5, 0.6) is 5.75 Å². The highest BCUT2D eigenvalue weighted by molar-refractivity contribution is 7.20. The number of rotatable bonds is 7. The number of amides is 1. The van der Waals surface area contributed by atoms with Gasteiger partial charge < -0.3 is 14.8 Å². The summed E-state index contributed by atoms with van der Waals surface area (Å²) in [5.74, 6) is -0.315. The minimum absolute atomic E-state index is 0.198. The molecule has 3 rings (SSSR count). The first-order valence-electron chi connectivity index (χ1n) is 8.31. The van der Waals surface area contributed by atoms with Crippen molar-refractivity contribution in [2.45, 2.75) is 20.0 Å². The van der Waals surface area contributed by atoms with Crippen molar-refractivity contribution in [2.24, 2.45) is 0 Å². The molecule has 1 N–H and O–H groups in total. The number of nitrogens with zero attached hydrogens (tertiary/aromatic N) is 1. The van der Waals surface area contributed by atoms with Crippen LogP contribution in [-0.4, -0.2) is 29.6 Å². The van der Waals surface area contributed by atoms with Crippen molar-refractivity contribution < 1.29 is 19.1 Å². The van der Waals surface area contributed by atoms with E-state index in [0.29, 0.717) is 12.3 Å². The Labute approximate surface area is 164 Å². The van der Waals surface area contributed by atoms with Crippen molar-refractivity contribution in [1.82, 2.24) is 4.98 Å².